The predicted octanol–water partition coefficient (Wildman–Crippen LogP) is 2.29. The van der Waals surface area contributed by atoms with E-state index in [-0.39, 0.29) is 5.79 Å². The monoisotopic (exact) mass is 315 g/mol. The van der Waals surface area contributed by atoms with Crippen molar-refractivity contribution in [1.29, 1.82) is 0 Å². The lowest BCUT2D eigenvalue weighted by Crippen LogP contribution is -2.38. The maximum Gasteiger partial charge on any atom is 0.168 e. The highest BCUT2D eigenvalue weighted by atomic mass is 16.7. The Hall–Kier alpha value is -0.200. The van der Waals surface area contributed by atoms with E-state index in [0.717, 1.165) is 58.7 Å². The van der Waals surface area contributed by atoms with Gasteiger partial charge in [0.15, 0.2) is 5.79 Å². The average molecular weight is 315 g/mol. The van der Waals surface area contributed by atoms with Crippen molar-refractivity contribution in [3.05, 3.63) is 0 Å². The van der Waals surface area contributed by atoms with Gasteiger partial charge in [0.25, 0.3) is 0 Å². The van der Waals surface area contributed by atoms with Gasteiger partial charge in [-0.2, -0.15) is 0 Å². The normalized spacial score (nSPS) is 31.5. The first-order chi connectivity index (χ1) is 10.7. The summed E-state index contributed by atoms with van der Waals surface area (Å²) in [5.74, 6) is 0.303. The van der Waals surface area contributed by atoms with Crippen LogP contribution in [-0.2, 0) is 18.9 Å². The minimum atomic E-state index is -0.340. The number of hydrogen-bond donors (Lipinski definition) is 0. The fourth-order valence-corrected chi connectivity index (χ4v) is 3.65. The quantitative estimate of drug-likeness (QED) is 0.611. The third-order valence-electron chi connectivity index (χ3n) is 4.89. The molecule has 0 bridgehead atoms. The average Bonchev–Trinajstić information content (AvgIpc) is 2.92. The zero-order valence-electron chi connectivity index (χ0n) is 14.5. The van der Waals surface area contributed by atoms with Crippen LogP contribution in [0.1, 0.15) is 39.5 Å². The molecule has 5 heteroatoms. The lowest BCUT2D eigenvalue weighted by atomic mass is 10.0. The van der Waals surface area contributed by atoms with Crippen LogP contribution in [0.25, 0.3) is 0 Å². The first-order valence-electron chi connectivity index (χ1n) is 8.78. The summed E-state index contributed by atoms with van der Waals surface area (Å²) in [7, 11) is 1.76. The zero-order valence-corrected chi connectivity index (χ0v) is 14.5. The van der Waals surface area contributed by atoms with Crippen LogP contribution in [0.4, 0.5) is 0 Å². The maximum atomic E-state index is 6.00. The molecule has 0 aromatic rings. The highest BCUT2D eigenvalue weighted by Crippen LogP contribution is 2.40. The van der Waals surface area contributed by atoms with Crippen LogP contribution in [-0.4, -0.2) is 70.0 Å². The molecule has 0 N–H and O–H groups in total. The van der Waals surface area contributed by atoms with Crippen molar-refractivity contribution in [3.63, 3.8) is 0 Å². The minimum absolute atomic E-state index is 0.306. The molecule has 2 aliphatic rings. The SMILES string of the molecule is CCOC1(OC)CCC(CC(C)OCCN2CCOCC2)C1. The smallest absolute Gasteiger partial charge is 0.168 e. The van der Waals surface area contributed by atoms with Gasteiger partial charge >= 0.3 is 0 Å². The summed E-state index contributed by atoms with van der Waals surface area (Å²) in [4.78, 5) is 2.41. The molecule has 1 saturated heterocycles. The van der Waals surface area contributed by atoms with Crippen molar-refractivity contribution >= 4 is 0 Å². The second-order valence-corrected chi connectivity index (χ2v) is 6.53. The van der Waals surface area contributed by atoms with Gasteiger partial charge in [-0.05, 0) is 32.6 Å². The molecule has 3 atom stereocenters. The van der Waals surface area contributed by atoms with Crippen LogP contribution in [0, 0.1) is 5.92 Å². The Morgan fingerprint density at radius 3 is 2.77 bits per heavy atom. The van der Waals surface area contributed by atoms with Crippen LogP contribution < -0.4 is 0 Å². The molecule has 130 valence electrons. The van der Waals surface area contributed by atoms with Crippen molar-refractivity contribution in [2.45, 2.75) is 51.4 Å². The van der Waals surface area contributed by atoms with Crippen molar-refractivity contribution < 1.29 is 18.9 Å². The molecule has 1 heterocycles. The molecule has 2 rings (SSSR count). The number of methoxy groups -OCH3 is 1. The van der Waals surface area contributed by atoms with Crippen molar-refractivity contribution in [1.82, 2.24) is 4.90 Å². The standard InChI is InChI=1S/C17H33NO4/c1-4-22-17(19-3)6-5-16(14-17)13-15(2)21-12-9-18-7-10-20-11-8-18/h15-16H,4-14H2,1-3H3. The van der Waals surface area contributed by atoms with E-state index in [1.54, 1.807) is 7.11 Å². The second-order valence-electron chi connectivity index (χ2n) is 6.53. The van der Waals surface area contributed by atoms with E-state index in [0.29, 0.717) is 18.6 Å². The molecule has 1 aliphatic carbocycles. The number of nitrogens with zero attached hydrogens (tertiary/aromatic N) is 1. The second kappa shape index (κ2) is 9.18. The zero-order chi connectivity index (χ0) is 15.8. The first kappa shape index (κ1) is 18.1. The highest BCUT2D eigenvalue weighted by Gasteiger charge is 2.40. The minimum Gasteiger partial charge on any atom is -0.379 e. The van der Waals surface area contributed by atoms with Crippen LogP contribution in [0.15, 0.2) is 0 Å². The number of rotatable bonds is 9. The van der Waals surface area contributed by atoms with Gasteiger partial charge in [-0.25, -0.2) is 0 Å². The predicted molar refractivity (Wildman–Crippen MR) is 86.0 cm³/mol. The van der Waals surface area contributed by atoms with Crippen molar-refractivity contribution in [2.24, 2.45) is 5.92 Å². The van der Waals surface area contributed by atoms with Crippen molar-refractivity contribution in [2.75, 3.05) is 53.2 Å². The molecule has 1 aliphatic heterocycles. The molecule has 0 spiro atoms. The van der Waals surface area contributed by atoms with E-state index < -0.39 is 0 Å². The van der Waals surface area contributed by atoms with Gasteiger partial charge in [0.1, 0.15) is 0 Å². The Morgan fingerprint density at radius 1 is 1.32 bits per heavy atom. The summed E-state index contributed by atoms with van der Waals surface area (Å²) in [5.41, 5.74) is 0. The summed E-state index contributed by atoms with van der Waals surface area (Å²) >= 11 is 0. The van der Waals surface area contributed by atoms with Crippen LogP contribution >= 0.6 is 0 Å². The summed E-state index contributed by atoms with van der Waals surface area (Å²) < 4.78 is 22.8. The van der Waals surface area contributed by atoms with Gasteiger partial charge in [0, 0.05) is 46.2 Å². The van der Waals surface area contributed by atoms with E-state index in [4.69, 9.17) is 18.9 Å². The van der Waals surface area contributed by atoms with E-state index in [1.807, 2.05) is 6.92 Å². The van der Waals surface area contributed by atoms with E-state index >= 15 is 0 Å². The Morgan fingerprint density at radius 2 is 2.09 bits per heavy atom. The molecule has 22 heavy (non-hydrogen) atoms. The molecule has 0 amide bonds. The molecule has 0 aromatic heterocycles. The lowest BCUT2D eigenvalue weighted by molar-refractivity contribution is -0.216. The molecule has 0 radical (unpaired) electrons. The fraction of sp³-hybridized carbons (Fsp3) is 1.00. The van der Waals surface area contributed by atoms with Gasteiger partial charge in [0.05, 0.1) is 25.9 Å². The Balaban J connectivity index is 1.61. The van der Waals surface area contributed by atoms with Gasteiger partial charge < -0.3 is 18.9 Å². The Bertz CT molecular complexity index is 309. The fourth-order valence-electron chi connectivity index (χ4n) is 3.65. The van der Waals surface area contributed by atoms with Gasteiger partial charge in [-0.3, -0.25) is 4.90 Å². The third-order valence-corrected chi connectivity index (χ3v) is 4.89. The van der Waals surface area contributed by atoms with Crippen molar-refractivity contribution in [3.8, 4) is 0 Å². The van der Waals surface area contributed by atoms with Crippen LogP contribution in [0.5, 0.6) is 0 Å². The van der Waals surface area contributed by atoms with E-state index in [2.05, 4.69) is 11.8 Å². The largest absolute Gasteiger partial charge is 0.379 e. The number of morpholine rings is 1. The molecule has 2 fully saturated rings. The Labute approximate surface area is 135 Å². The summed E-state index contributed by atoms with van der Waals surface area (Å²) in [6, 6.07) is 0. The number of hydrogen-bond acceptors (Lipinski definition) is 5. The first-order valence-corrected chi connectivity index (χ1v) is 8.78. The maximum absolute atomic E-state index is 6.00. The molecule has 1 saturated carbocycles. The Kier molecular flexibility index (Phi) is 7.57. The van der Waals surface area contributed by atoms with Crippen LogP contribution in [0.3, 0.4) is 0 Å². The molecule has 3 unspecified atom stereocenters. The topological polar surface area (TPSA) is 40.2 Å². The van der Waals surface area contributed by atoms with E-state index in [9.17, 15) is 0 Å². The van der Waals surface area contributed by atoms with Gasteiger partial charge in [0.2, 0.25) is 0 Å². The summed E-state index contributed by atoms with van der Waals surface area (Å²) in [5, 5.41) is 0. The summed E-state index contributed by atoms with van der Waals surface area (Å²) in [6.45, 7) is 10.5. The van der Waals surface area contributed by atoms with E-state index in [1.165, 1.54) is 6.42 Å². The molecule has 0 aromatic carbocycles. The van der Waals surface area contributed by atoms with Crippen LogP contribution in [0.2, 0.25) is 0 Å². The molecular formula is C17H33NO4. The molecular weight excluding hydrogens is 282 g/mol. The number of ether oxygens (including phenoxy) is 4. The van der Waals surface area contributed by atoms with Gasteiger partial charge in [-0.15, -0.1) is 0 Å². The lowest BCUT2D eigenvalue weighted by Gasteiger charge is -2.28. The third kappa shape index (κ3) is 5.46. The molecule has 5 nitrogen and oxygen atoms in total. The highest BCUT2D eigenvalue weighted by molar-refractivity contribution is 4.84. The summed E-state index contributed by atoms with van der Waals surface area (Å²) in [6.07, 6.45) is 4.57. The van der Waals surface area contributed by atoms with Gasteiger partial charge in [-0.1, -0.05) is 0 Å².